The molecular weight excluding hydrogens is 206 g/mol. The fourth-order valence-electron chi connectivity index (χ4n) is 1.36. The molecule has 0 bridgehead atoms. The van der Waals surface area contributed by atoms with Gasteiger partial charge in [0.15, 0.2) is 0 Å². The number of ether oxygens (including phenoxy) is 1. The van der Waals surface area contributed by atoms with Crippen molar-refractivity contribution >= 4 is 0 Å². The summed E-state index contributed by atoms with van der Waals surface area (Å²) < 4.78 is 5.30. The van der Waals surface area contributed by atoms with Crippen molar-refractivity contribution in [2.75, 3.05) is 13.2 Å². The number of aliphatic hydroxyl groups excluding tert-OH is 1. The van der Waals surface area contributed by atoms with Gasteiger partial charge < -0.3 is 9.84 Å². The van der Waals surface area contributed by atoms with Crippen molar-refractivity contribution in [3.05, 3.63) is 40.3 Å². The molecule has 1 N–H and O–H groups in total. The second-order valence-corrected chi connectivity index (χ2v) is 3.35. The van der Waals surface area contributed by atoms with E-state index in [1.165, 1.54) is 0 Å². The lowest BCUT2D eigenvalue weighted by Crippen LogP contribution is -2.13. The first-order chi connectivity index (χ1) is 7.76. The zero-order valence-corrected chi connectivity index (χ0v) is 9.21. The highest BCUT2D eigenvalue weighted by molar-refractivity contribution is 5.27. The molecule has 1 aromatic rings. The number of rotatable bonds is 6. The lowest BCUT2D eigenvalue weighted by atomic mass is 10.1. The Hall–Kier alpha value is -1.71. The minimum atomic E-state index is -0.631. The lowest BCUT2D eigenvalue weighted by Gasteiger charge is -2.08. The molecule has 0 fully saturated rings. The van der Waals surface area contributed by atoms with E-state index in [9.17, 15) is 5.11 Å². The third-order valence-electron chi connectivity index (χ3n) is 2.06. The van der Waals surface area contributed by atoms with Crippen molar-refractivity contribution in [3.8, 4) is 5.75 Å². The fraction of sp³-hybridized carbons (Fsp3) is 0.455. The maximum absolute atomic E-state index is 9.51. The number of azide groups is 1. The van der Waals surface area contributed by atoms with Crippen molar-refractivity contribution in [1.82, 2.24) is 0 Å². The second kappa shape index (κ2) is 6.71. The molecule has 0 spiro atoms. The molecule has 1 atom stereocenters. The van der Waals surface area contributed by atoms with Crippen LogP contribution in [0.2, 0.25) is 0 Å². The molecule has 0 aliphatic heterocycles. The molecule has 5 heteroatoms. The quantitative estimate of drug-likeness (QED) is 0.454. The summed E-state index contributed by atoms with van der Waals surface area (Å²) in [6.45, 7) is 2.67. The van der Waals surface area contributed by atoms with Crippen LogP contribution in [0.1, 0.15) is 12.5 Å². The summed E-state index contributed by atoms with van der Waals surface area (Å²) in [6.07, 6.45) is -0.153. The van der Waals surface area contributed by atoms with Crippen LogP contribution in [-0.2, 0) is 6.42 Å². The van der Waals surface area contributed by atoms with Gasteiger partial charge in [-0.3, -0.25) is 0 Å². The maximum Gasteiger partial charge on any atom is 0.119 e. The number of hydrogen-bond donors (Lipinski definition) is 1. The molecule has 0 saturated carbocycles. The van der Waals surface area contributed by atoms with E-state index >= 15 is 0 Å². The third-order valence-corrected chi connectivity index (χ3v) is 2.06. The van der Waals surface area contributed by atoms with E-state index in [-0.39, 0.29) is 6.54 Å². The van der Waals surface area contributed by atoms with Gasteiger partial charge in [-0.25, -0.2) is 0 Å². The summed E-state index contributed by atoms with van der Waals surface area (Å²) in [7, 11) is 0. The molecule has 5 nitrogen and oxygen atoms in total. The van der Waals surface area contributed by atoms with Crippen molar-refractivity contribution in [2.45, 2.75) is 19.4 Å². The predicted octanol–water partition coefficient (Wildman–Crippen LogP) is 2.30. The molecule has 0 amide bonds. The molecule has 0 radical (unpaired) electrons. The Morgan fingerprint density at radius 2 is 2.12 bits per heavy atom. The van der Waals surface area contributed by atoms with E-state index in [4.69, 9.17) is 10.3 Å². The fourth-order valence-corrected chi connectivity index (χ4v) is 1.36. The molecule has 1 aromatic carbocycles. The van der Waals surface area contributed by atoms with Gasteiger partial charge in [0.2, 0.25) is 0 Å². The molecule has 86 valence electrons. The zero-order chi connectivity index (χ0) is 11.8. The van der Waals surface area contributed by atoms with Crippen LogP contribution in [-0.4, -0.2) is 24.4 Å². The number of benzene rings is 1. The van der Waals surface area contributed by atoms with Gasteiger partial charge >= 0.3 is 0 Å². The average molecular weight is 221 g/mol. The van der Waals surface area contributed by atoms with Gasteiger partial charge in [-0.1, -0.05) is 17.2 Å². The van der Waals surface area contributed by atoms with E-state index in [0.29, 0.717) is 13.0 Å². The Labute approximate surface area is 94.3 Å². The molecule has 1 rings (SSSR count). The summed E-state index contributed by atoms with van der Waals surface area (Å²) in [4.78, 5) is 2.60. The standard InChI is InChI=1S/C11H15N3O2/c1-2-16-11-5-3-9(4-6-11)7-10(15)8-13-14-12/h3-6,10,15H,2,7-8H2,1H3. The second-order valence-electron chi connectivity index (χ2n) is 3.35. The number of hydrogen-bond acceptors (Lipinski definition) is 3. The van der Waals surface area contributed by atoms with E-state index in [1.54, 1.807) is 0 Å². The van der Waals surface area contributed by atoms with Crippen LogP contribution in [0.25, 0.3) is 10.4 Å². The summed E-state index contributed by atoms with van der Waals surface area (Å²) in [5.74, 6) is 0.816. The Bertz CT molecular complexity index is 358. The Balaban J connectivity index is 2.50. The van der Waals surface area contributed by atoms with Crippen LogP contribution >= 0.6 is 0 Å². The van der Waals surface area contributed by atoms with Gasteiger partial charge in [-0.2, -0.15) is 0 Å². The molecule has 0 saturated heterocycles. The monoisotopic (exact) mass is 221 g/mol. The molecule has 1 unspecified atom stereocenters. The molecule has 0 heterocycles. The van der Waals surface area contributed by atoms with E-state index in [1.807, 2.05) is 31.2 Å². The molecule has 0 aliphatic carbocycles. The lowest BCUT2D eigenvalue weighted by molar-refractivity contribution is 0.183. The minimum absolute atomic E-state index is 0.101. The highest BCUT2D eigenvalue weighted by atomic mass is 16.5. The van der Waals surface area contributed by atoms with E-state index in [2.05, 4.69) is 10.0 Å². The highest BCUT2D eigenvalue weighted by Gasteiger charge is 2.04. The van der Waals surface area contributed by atoms with Crippen molar-refractivity contribution in [3.63, 3.8) is 0 Å². The maximum atomic E-state index is 9.51. The van der Waals surface area contributed by atoms with Crippen LogP contribution < -0.4 is 4.74 Å². The predicted molar refractivity (Wildman–Crippen MR) is 61.3 cm³/mol. The first-order valence-electron chi connectivity index (χ1n) is 5.17. The first kappa shape index (κ1) is 12.4. The molecule has 0 aliphatic rings. The summed E-state index contributed by atoms with van der Waals surface area (Å²) in [6, 6.07) is 7.51. The van der Waals surface area contributed by atoms with E-state index < -0.39 is 6.10 Å². The van der Waals surface area contributed by atoms with Crippen LogP contribution in [0, 0.1) is 0 Å². The van der Waals surface area contributed by atoms with Crippen molar-refractivity contribution in [1.29, 1.82) is 0 Å². The van der Waals surface area contributed by atoms with Crippen LogP contribution in [0.5, 0.6) is 5.75 Å². The number of nitrogens with zero attached hydrogens (tertiary/aromatic N) is 3. The van der Waals surface area contributed by atoms with Crippen LogP contribution in [0.4, 0.5) is 0 Å². The number of aliphatic hydroxyl groups is 1. The molecule has 0 aromatic heterocycles. The normalized spacial score (nSPS) is 11.6. The Morgan fingerprint density at radius 1 is 1.44 bits per heavy atom. The van der Waals surface area contributed by atoms with Crippen LogP contribution in [0.3, 0.4) is 0 Å². The van der Waals surface area contributed by atoms with Gasteiger partial charge in [0.1, 0.15) is 5.75 Å². The summed E-state index contributed by atoms with van der Waals surface area (Å²) in [5.41, 5.74) is 9.10. The first-order valence-corrected chi connectivity index (χ1v) is 5.17. The van der Waals surface area contributed by atoms with Crippen molar-refractivity contribution < 1.29 is 9.84 Å². The van der Waals surface area contributed by atoms with Gasteiger partial charge in [-0.05, 0) is 36.6 Å². The largest absolute Gasteiger partial charge is 0.494 e. The summed E-state index contributed by atoms with van der Waals surface area (Å²) >= 11 is 0. The van der Waals surface area contributed by atoms with Gasteiger partial charge in [0.25, 0.3) is 0 Å². The molecule has 16 heavy (non-hydrogen) atoms. The van der Waals surface area contributed by atoms with Gasteiger partial charge in [0.05, 0.1) is 19.3 Å². The zero-order valence-electron chi connectivity index (χ0n) is 9.21. The smallest absolute Gasteiger partial charge is 0.119 e. The minimum Gasteiger partial charge on any atom is -0.494 e. The van der Waals surface area contributed by atoms with Gasteiger partial charge in [0, 0.05) is 4.91 Å². The Kier molecular flexibility index (Phi) is 5.19. The van der Waals surface area contributed by atoms with Gasteiger partial charge in [-0.15, -0.1) is 0 Å². The summed E-state index contributed by atoms with van der Waals surface area (Å²) in [5, 5.41) is 12.8. The van der Waals surface area contributed by atoms with Crippen LogP contribution in [0.15, 0.2) is 29.4 Å². The topological polar surface area (TPSA) is 78.2 Å². The average Bonchev–Trinajstić information content (AvgIpc) is 2.29. The third kappa shape index (κ3) is 4.21. The highest BCUT2D eigenvalue weighted by Crippen LogP contribution is 2.13. The SMILES string of the molecule is CCOc1ccc(CC(O)CN=[N+]=[N-])cc1. The Morgan fingerprint density at radius 3 is 2.69 bits per heavy atom. The molecular formula is C11H15N3O2. The van der Waals surface area contributed by atoms with E-state index in [0.717, 1.165) is 11.3 Å². The van der Waals surface area contributed by atoms with Crippen molar-refractivity contribution in [2.24, 2.45) is 5.11 Å².